The van der Waals surface area contributed by atoms with Crippen molar-refractivity contribution < 1.29 is 5.11 Å². The number of nitrogens with zero attached hydrogens (tertiary/aromatic N) is 1. The first-order chi connectivity index (χ1) is 12.1. The maximum absolute atomic E-state index is 13.0. The summed E-state index contributed by atoms with van der Waals surface area (Å²) in [5, 5.41) is 14.3. The van der Waals surface area contributed by atoms with Gasteiger partial charge in [0.1, 0.15) is 10.4 Å². The fourth-order valence-electron chi connectivity index (χ4n) is 3.35. The highest BCUT2D eigenvalue weighted by molar-refractivity contribution is 7.17. The van der Waals surface area contributed by atoms with E-state index in [0.717, 1.165) is 27.4 Å². The van der Waals surface area contributed by atoms with Crippen molar-refractivity contribution in [3.05, 3.63) is 64.3 Å². The fraction of sp³-hybridized carbons (Fsp3) is 0.150. The molecule has 0 spiro atoms. The molecule has 5 heteroatoms. The van der Waals surface area contributed by atoms with E-state index in [4.69, 9.17) is 11.6 Å². The van der Waals surface area contributed by atoms with Crippen LogP contribution >= 0.6 is 22.9 Å². The number of phenolic OH excluding ortho intramolecular Hbond substituents is 1. The molecule has 4 aromatic rings. The summed E-state index contributed by atoms with van der Waals surface area (Å²) in [6.07, 6.45) is 0. The molecule has 2 aromatic carbocycles. The molecular formula is C20H16ClNO2S. The Hall–Kier alpha value is -2.30. The van der Waals surface area contributed by atoms with Crippen LogP contribution in [0.4, 0.5) is 0 Å². The lowest BCUT2D eigenvalue weighted by atomic mass is 9.97. The Labute approximate surface area is 153 Å². The summed E-state index contributed by atoms with van der Waals surface area (Å²) in [7, 11) is 0. The molecule has 0 saturated heterocycles. The number of halogens is 1. The molecule has 0 saturated carbocycles. The van der Waals surface area contributed by atoms with E-state index in [2.05, 4.69) is 0 Å². The molecule has 3 nitrogen and oxygen atoms in total. The first-order valence-corrected chi connectivity index (χ1v) is 9.43. The van der Waals surface area contributed by atoms with Crippen molar-refractivity contribution in [2.24, 2.45) is 0 Å². The number of fused-ring (bicyclic) bond motifs is 3. The predicted molar refractivity (Wildman–Crippen MR) is 106 cm³/mol. The van der Waals surface area contributed by atoms with Crippen LogP contribution in [-0.4, -0.2) is 15.6 Å². The van der Waals surface area contributed by atoms with Crippen LogP contribution in [0.1, 0.15) is 13.0 Å². The van der Waals surface area contributed by atoms with Crippen LogP contribution in [0.25, 0.3) is 32.1 Å². The summed E-state index contributed by atoms with van der Waals surface area (Å²) >= 11 is 7.49. The van der Waals surface area contributed by atoms with Gasteiger partial charge in [-0.1, -0.05) is 30.3 Å². The zero-order chi connectivity index (χ0) is 17.6. The second-order valence-corrected chi connectivity index (χ2v) is 7.29. The van der Waals surface area contributed by atoms with Gasteiger partial charge in [0, 0.05) is 28.3 Å². The van der Waals surface area contributed by atoms with Crippen LogP contribution in [0.5, 0.6) is 5.75 Å². The van der Waals surface area contributed by atoms with Crippen molar-refractivity contribution in [1.82, 2.24) is 4.57 Å². The smallest absolute Gasteiger partial charge is 0.269 e. The number of aromatic nitrogens is 1. The van der Waals surface area contributed by atoms with Crippen molar-refractivity contribution in [2.45, 2.75) is 13.0 Å². The highest BCUT2D eigenvalue weighted by Gasteiger charge is 2.20. The molecule has 2 aromatic heterocycles. The third kappa shape index (κ3) is 2.44. The lowest BCUT2D eigenvalue weighted by Crippen LogP contribution is -2.24. The van der Waals surface area contributed by atoms with Gasteiger partial charge in [-0.3, -0.25) is 4.79 Å². The van der Waals surface area contributed by atoms with E-state index in [1.165, 1.54) is 11.3 Å². The van der Waals surface area contributed by atoms with Gasteiger partial charge in [0.05, 0.1) is 5.52 Å². The summed E-state index contributed by atoms with van der Waals surface area (Å²) < 4.78 is 2.43. The number of thiophene rings is 1. The number of aromatic hydroxyl groups is 1. The van der Waals surface area contributed by atoms with Crippen molar-refractivity contribution in [2.75, 3.05) is 5.88 Å². The van der Waals surface area contributed by atoms with Crippen molar-refractivity contribution in [1.29, 1.82) is 0 Å². The Morgan fingerprint density at radius 1 is 1.16 bits per heavy atom. The van der Waals surface area contributed by atoms with Crippen molar-refractivity contribution in [3.8, 4) is 16.9 Å². The highest BCUT2D eigenvalue weighted by atomic mass is 35.5. The first-order valence-electron chi connectivity index (χ1n) is 8.02. The van der Waals surface area contributed by atoms with Crippen LogP contribution in [0.15, 0.2) is 58.7 Å². The minimum atomic E-state index is -0.142. The molecule has 2 heterocycles. The van der Waals surface area contributed by atoms with E-state index < -0.39 is 0 Å². The average Bonchev–Trinajstić information content (AvgIpc) is 3.13. The monoisotopic (exact) mass is 369 g/mol. The molecule has 1 atom stereocenters. The maximum atomic E-state index is 13.0. The first kappa shape index (κ1) is 16.2. The van der Waals surface area contributed by atoms with Crippen molar-refractivity contribution >= 4 is 43.9 Å². The van der Waals surface area contributed by atoms with Gasteiger partial charge in [-0.2, -0.15) is 0 Å². The highest BCUT2D eigenvalue weighted by Crippen LogP contribution is 2.40. The molecule has 0 aliphatic heterocycles. The van der Waals surface area contributed by atoms with Crippen LogP contribution < -0.4 is 5.56 Å². The molecule has 126 valence electrons. The molecule has 1 N–H and O–H groups in total. The third-order valence-corrected chi connectivity index (χ3v) is 5.84. The molecule has 0 radical (unpaired) electrons. The Morgan fingerprint density at radius 2 is 1.92 bits per heavy atom. The second kappa shape index (κ2) is 6.21. The summed E-state index contributed by atoms with van der Waals surface area (Å²) in [6, 6.07) is 15.0. The Bertz CT molecular complexity index is 1130. The lowest BCUT2D eigenvalue weighted by molar-refractivity contribution is 0.478. The van der Waals surface area contributed by atoms with E-state index in [1.54, 1.807) is 16.7 Å². The summed E-state index contributed by atoms with van der Waals surface area (Å²) in [4.78, 5) is 13.0. The van der Waals surface area contributed by atoms with Crippen molar-refractivity contribution in [3.63, 3.8) is 0 Å². The van der Waals surface area contributed by atoms with Gasteiger partial charge in [-0.25, -0.2) is 0 Å². The van der Waals surface area contributed by atoms with Crippen LogP contribution in [0.3, 0.4) is 0 Å². The molecule has 0 fully saturated rings. The molecule has 0 aliphatic rings. The zero-order valence-corrected chi connectivity index (χ0v) is 15.1. The molecule has 4 rings (SSSR count). The van der Waals surface area contributed by atoms with Gasteiger partial charge in [-0.05, 0) is 36.1 Å². The summed E-state index contributed by atoms with van der Waals surface area (Å²) in [6.45, 7) is 1.93. The third-order valence-electron chi connectivity index (χ3n) is 4.50. The predicted octanol–water partition coefficient (Wildman–Crippen LogP) is 5.39. The molecule has 0 aliphatic carbocycles. The number of hydrogen-bond donors (Lipinski definition) is 1. The van der Waals surface area contributed by atoms with Crippen LogP contribution in [-0.2, 0) is 0 Å². The number of hydrogen-bond acceptors (Lipinski definition) is 3. The van der Waals surface area contributed by atoms with Gasteiger partial charge >= 0.3 is 0 Å². The molecule has 0 bridgehead atoms. The van der Waals surface area contributed by atoms with Gasteiger partial charge in [0.15, 0.2) is 0 Å². The average molecular weight is 370 g/mol. The Kier molecular flexibility index (Phi) is 4.02. The minimum Gasteiger partial charge on any atom is -0.507 e. The SMILES string of the molecule is CC(CCl)n1c(=O)c2sccc2c2c(-c3ccccc3)c(O)ccc21. The largest absolute Gasteiger partial charge is 0.507 e. The standard InChI is InChI=1S/C20H16ClNO2S/c1-12(11-21)22-15-7-8-16(23)17(13-5-3-2-4-6-13)18(15)14-9-10-25-19(14)20(22)24/h2-10,12,23H,11H2,1H3. The Balaban J connectivity index is 2.27. The maximum Gasteiger partial charge on any atom is 0.269 e. The van der Waals surface area contributed by atoms with E-state index in [0.29, 0.717) is 10.6 Å². The summed E-state index contributed by atoms with van der Waals surface area (Å²) in [5.74, 6) is 0.544. The van der Waals surface area contributed by atoms with Gasteiger partial charge in [-0.15, -0.1) is 22.9 Å². The normalized spacial score (nSPS) is 12.7. The molecule has 25 heavy (non-hydrogen) atoms. The lowest BCUT2D eigenvalue weighted by Gasteiger charge is -2.19. The zero-order valence-electron chi connectivity index (χ0n) is 13.6. The van der Waals surface area contributed by atoms with Crippen LogP contribution in [0, 0.1) is 0 Å². The number of pyridine rings is 1. The second-order valence-electron chi connectivity index (χ2n) is 6.06. The quantitative estimate of drug-likeness (QED) is 0.492. The number of phenols is 1. The number of benzene rings is 2. The van der Waals surface area contributed by atoms with E-state index in [-0.39, 0.29) is 17.4 Å². The molecular weight excluding hydrogens is 354 g/mol. The number of alkyl halides is 1. The number of rotatable bonds is 3. The molecule has 0 amide bonds. The van der Waals surface area contributed by atoms with E-state index in [1.807, 2.05) is 48.7 Å². The minimum absolute atomic E-state index is 0.0321. The summed E-state index contributed by atoms with van der Waals surface area (Å²) in [5.41, 5.74) is 2.43. The van der Waals surface area contributed by atoms with Gasteiger partial charge in [0.2, 0.25) is 0 Å². The van der Waals surface area contributed by atoms with Gasteiger partial charge < -0.3 is 9.67 Å². The fourth-order valence-corrected chi connectivity index (χ4v) is 4.32. The van der Waals surface area contributed by atoms with E-state index >= 15 is 0 Å². The Morgan fingerprint density at radius 3 is 2.64 bits per heavy atom. The van der Waals surface area contributed by atoms with Gasteiger partial charge in [0.25, 0.3) is 5.56 Å². The van der Waals surface area contributed by atoms with Crippen LogP contribution in [0.2, 0.25) is 0 Å². The molecule has 1 unspecified atom stereocenters. The topological polar surface area (TPSA) is 42.2 Å². The van der Waals surface area contributed by atoms with E-state index in [9.17, 15) is 9.90 Å².